The predicted molar refractivity (Wildman–Crippen MR) is 47.1 cm³/mol. The lowest BCUT2D eigenvalue weighted by molar-refractivity contribution is -0.118. The lowest BCUT2D eigenvalue weighted by atomic mass is 10.0. The second kappa shape index (κ2) is 4.15. The summed E-state index contributed by atoms with van der Waals surface area (Å²) in [6.45, 7) is 0. The van der Waals surface area contributed by atoms with Crippen LogP contribution in [0, 0.1) is 11.6 Å². The van der Waals surface area contributed by atoms with Crippen LogP contribution < -0.4 is 11.5 Å². The van der Waals surface area contributed by atoms with Gasteiger partial charge in [0, 0.05) is 18.5 Å². The first-order valence-electron chi connectivity index (χ1n) is 3.99. The van der Waals surface area contributed by atoms with Crippen LogP contribution in [0.3, 0.4) is 0 Å². The van der Waals surface area contributed by atoms with E-state index in [4.69, 9.17) is 11.5 Å². The fourth-order valence-corrected chi connectivity index (χ4v) is 1.12. The maximum absolute atomic E-state index is 12.7. The van der Waals surface area contributed by atoms with Gasteiger partial charge in [-0.2, -0.15) is 0 Å². The van der Waals surface area contributed by atoms with Crippen molar-refractivity contribution in [3.05, 3.63) is 35.4 Å². The molecule has 1 amide bonds. The molecule has 1 aromatic rings. The molecular formula is C9H10F2N2O. The second-order valence-corrected chi connectivity index (χ2v) is 2.98. The zero-order chi connectivity index (χ0) is 10.7. The summed E-state index contributed by atoms with van der Waals surface area (Å²) in [5.74, 6) is -2.05. The number of carbonyl (C=O) groups is 1. The first kappa shape index (κ1) is 10.6. The fraction of sp³-hybridized carbons (Fsp3) is 0.222. The number of amides is 1. The molecule has 0 heterocycles. The molecule has 0 unspecified atom stereocenters. The summed E-state index contributed by atoms with van der Waals surface area (Å²) in [6, 6.07) is 2.13. The third kappa shape index (κ3) is 2.77. The van der Waals surface area contributed by atoms with Crippen molar-refractivity contribution in [2.45, 2.75) is 12.5 Å². The second-order valence-electron chi connectivity index (χ2n) is 2.98. The summed E-state index contributed by atoms with van der Waals surface area (Å²) in [6.07, 6.45) is -0.136. The number of rotatable bonds is 3. The maximum atomic E-state index is 12.7. The number of carbonyl (C=O) groups excluding carboxylic acids is 1. The average molecular weight is 200 g/mol. The van der Waals surface area contributed by atoms with Gasteiger partial charge >= 0.3 is 0 Å². The quantitative estimate of drug-likeness (QED) is 0.759. The lowest BCUT2D eigenvalue weighted by Crippen LogP contribution is -2.20. The van der Waals surface area contributed by atoms with Gasteiger partial charge in [-0.05, 0) is 17.7 Å². The smallest absolute Gasteiger partial charge is 0.219 e. The van der Waals surface area contributed by atoms with Gasteiger partial charge in [-0.1, -0.05) is 0 Å². The van der Waals surface area contributed by atoms with Gasteiger partial charge in [0.15, 0.2) is 0 Å². The molecule has 76 valence electrons. The van der Waals surface area contributed by atoms with E-state index in [-0.39, 0.29) is 12.0 Å². The van der Waals surface area contributed by atoms with Crippen molar-refractivity contribution in [1.29, 1.82) is 0 Å². The highest BCUT2D eigenvalue weighted by atomic mass is 19.1. The molecule has 0 saturated carbocycles. The predicted octanol–water partition coefficient (Wildman–Crippen LogP) is 0.840. The van der Waals surface area contributed by atoms with Crippen molar-refractivity contribution in [1.82, 2.24) is 0 Å². The zero-order valence-electron chi connectivity index (χ0n) is 7.34. The van der Waals surface area contributed by atoms with Crippen LogP contribution in [0.2, 0.25) is 0 Å². The summed E-state index contributed by atoms with van der Waals surface area (Å²) in [4.78, 5) is 10.5. The number of primary amides is 1. The van der Waals surface area contributed by atoms with Gasteiger partial charge in [-0.25, -0.2) is 8.78 Å². The van der Waals surface area contributed by atoms with E-state index in [0.29, 0.717) is 0 Å². The zero-order valence-corrected chi connectivity index (χ0v) is 7.34. The molecular weight excluding hydrogens is 190 g/mol. The van der Waals surface area contributed by atoms with Crippen LogP contribution in [-0.2, 0) is 4.79 Å². The Bertz CT molecular complexity index is 334. The van der Waals surface area contributed by atoms with E-state index in [1.807, 2.05) is 0 Å². The number of nitrogens with two attached hydrogens (primary N) is 2. The number of hydrogen-bond donors (Lipinski definition) is 2. The molecule has 1 aromatic carbocycles. The van der Waals surface area contributed by atoms with Crippen LogP contribution in [0.4, 0.5) is 8.78 Å². The van der Waals surface area contributed by atoms with Crippen molar-refractivity contribution in [3.63, 3.8) is 0 Å². The molecule has 0 radical (unpaired) electrons. The van der Waals surface area contributed by atoms with E-state index in [2.05, 4.69) is 0 Å². The van der Waals surface area contributed by atoms with Gasteiger partial charge in [-0.3, -0.25) is 4.79 Å². The summed E-state index contributed by atoms with van der Waals surface area (Å²) in [5, 5.41) is 0. The van der Waals surface area contributed by atoms with Crippen molar-refractivity contribution >= 4 is 5.91 Å². The Balaban J connectivity index is 2.89. The summed E-state index contributed by atoms with van der Waals surface area (Å²) in [7, 11) is 0. The van der Waals surface area contributed by atoms with Gasteiger partial charge in [0.1, 0.15) is 11.6 Å². The SMILES string of the molecule is NC(=O)C[C@@H](N)c1cc(F)cc(F)c1. The summed E-state index contributed by atoms with van der Waals surface area (Å²) < 4.78 is 25.4. The Kier molecular flexibility index (Phi) is 3.14. The van der Waals surface area contributed by atoms with Crippen LogP contribution in [0.15, 0.2) is 18.2 Å². The normalized spacial score (nSPS) is 12.5. The highest BCUT2D eigenvalue weighted by Gasteiger charge is 2.11. The highest BCUT2D eigenvalue weighted by Crippen LogP contribution is 2.16. The van der Waals surface area contributed by atoms with Crippen molar-refractivity contribution in [2.75, 3.05) is 0 Å². The first-order chi connectivity index (χ1) is 6.49. The average Bonchev–Trinajstić information content (AvgIpc) is 2.00. The standard InChI is InChI=1S/C9H10F2N2O/c10-6-1-5(2-7(11)3-6)8(12)4-9(13)14/h1-3,8H,4,12H2,(H2,13,14)/t8-/m1/s1. The largest absolute Gasteiger partial charge is 0.370 e. The van der Waals surface area contributed by atoms with E-state index >= 15 is 0 Å². The Morgan fingerprint density at radius 1 is 1.29 bits per heavy atom. The van der Waals surface area contributed by atoms with Crippen LogP contribution in [-0.4, -0.2) is 5.91 Å². The molecule has 0 aliphatic heterocycles. The van der Waals surface area contributed by atoms with Gasteiger partial charge in [0.2, 0.25) is 5.91 Å². The molecule has 0 saturated heterocycles. The first-order valence-corrected chi connectivity index (χ1v) is 3.99. The topological polar surface area (TPSA) is 69.1 Å². The Morgan fingerprint density at radius 2 is 1.79 bits per heavy atom. The van der Waals surface area contributed by atoms with Crippen LogP contribution in [0.1, 0.15) is 18.0 Å². The molecule has 0 aliphatic carbocycles. The molecule has 0 spiro atoms. The maximum Gasteiger partial charge on any atom is 0.219 e. The fourth-order valence-electron chi connectivity index (χ4n) is 1.12. The van der Waals surface area contributed by atoms with Gasteiger partial charge in [0.25, 0.3) is 0 Å². The van der Waals surface area contributed by atoms with Crippen LogP contribution in [0.5, 0.6) is 0 Å². The van der Waals surface area contributed by atoms with Crippen molar-refractivity contribution in [2.24, 2.45) is 11.5 Å². The van der Waals surface area contributed by atoms with Gasteiger partial charge in [-0.15, -0.1) is 0 Å². The number of halogens is 2. The minimum absolute atomic E-state index is 0.136. The third-order valence-corrected chi connectivity index (χ3v) is 1.73. The van der Waals surface area contributed by atoms with E-state index in [0.717, 1.165) is 18.2 Å². The van der Waals surface area contributed by atoms with E-state index in [1.165, 1.54) is 0 Å². The van der Waals surface area contributed by atoms with Crippen LogP contribution >= 0.6 is 0 Å². The lowest BCUT2D eigenvalue weighted by Gasteiger charge is -2.09. The van der Waals surface area contributed by atoms with Gasteiger partial charge in [0.05, 0.1) is 0 Å². The molecule has 5 heteroatoms. The molecule has 14 heavy (non-hydrogen) atoms. The molecule has 0 aliphatic rings. The van der Waals surface area contributed by atoms with Crippen molar-refractivity contribution < 1.29 is 13.6 Å². The van der Waals surface area contributed by atoms with Gasteiger partial charge < -0.3 is 11.5 Å². The van der Waals surface area contributed by atoms with E-state index in [9.17, 15) is 13.6 Å². The highest BCUT2D eigenvalue weighted by molar-refractivity contribution is 5.74. The Hall–Kier alpha value is -1.49. The summed E-state index contributed by atoms with van der Waals surface area (Å²) in [5.41, 5.74) is 10.6. The monoisotopic (exact) mass is 200 g/mol. The molecule has 1 atom stereocenters. The molecule has 0 bridgehead atoms. The Labute approximate surface area is 79.7 Å². The number of hydrogen-bond acceptors (Lipinski definition) is 2. The molecule has 0 aromatic heterocycles. The Morgan fingerprint density at radius 3 is 2.21 bits per heavy atom. The molecule has 1 rings (SSSR count). The molecule has 4 N–H and O–H groups in total. The molecule has 0 fully saturated rings. The minimum atomic E-state index is -0.766. The van der Waals surface area contributed by atoms with Crippen molar-refractivity contribution in [3.8, 4) is 0 Å². The summed E-state index contributed by atoms with van der Waals surface area (Å²) >= 11 is 0. The number of benzene rings is 1. The van der Waals surface area contributed by atoms with Crippen LogP contribution in [0.25, 0.3) is 0 Å². The minimum Gasteiger partial charge on any atom is -0.370 e. The van der Waals surface area contributed by atoms with E-state index < -0.39 is 23.6 Å². The van der Waals surface area contributed by atoms with E-state index in [1.54, 1.807) is 0 Å². The molecule has 3 nitrogen and oxygen atoms in total. The third-order valence-electron chi connectivity index (χ3n) is 1.73.